The van der Waals surface area contributed by atoms with E-state index in [2.05, 4.69) is 6.58 Å². The van der Waals surface area contributed by atoms with Gasteiger partial charge < -0.3 is 0 Å². The van der Waals surface area contributed by atoms with Crippen LogP contribution >= 0.6 is 0 Å². The Bertz CT molecular complexity index is 561. The molecule has 1 aromatic rings. The number of halogens is 3. The molecule has 0 aromatic heterocycles. The van der Waals surface area contributed by atoms with Crippen LogP contribution in [-0.4, -0.2) is 19.3 Å². The highest BCUT2D eigenvalue weighted by Gasteiger charge is 2.60. The molecule has 0 radical (unpaired) electrons. The van der Waals surface area contributed by atoms with Crippen LogP contribution in [-0.2, 0) is 9.84 Å². The van der Waals surface area contributed by atoms with E-state index in [9.17, 15) is 21.6 Å². The van der Waals surface area contributed by atoms with Crippen molar-refractivity contribution in [3.63, 3.8) is 0 Å². The van der Waals surface area contributed by atoms with Crippen molar-refractivity contribution in [1.82, 2.24) is 0 Å². The first-order valence-corrected chi connectivity index (χ1v) is 7.01. The van der Waals surface area contributed by atoms with E-state index in [-0.39, 0.29) is 10.5 Å². The standard InChI is InChI=1S/C13H15F3O2S/c1-10(2)9-12(3,13(14,15)16)19(17,18)11-7-5-4-6-8-11/h4-8H,1,9H2,2-3H3. The molecule has 0 saturated carbocycles. The summed E-state index contributed by atoms with van der Waals surface area (Å²) >= 11 is 0. The van der Waals surface area contributed by atoms with E-state index < -0.39 is 27.2 Å². The molecule has 1 rings (SSSR count). The fourth-order valence-electron chi connectivity index (χ4n) is 1.78. The highest BCUT2D eigenvalue weighted by Crippen LogP contribution is 2.43. The lowest BCUT2D eigenvalue weighted by atomic mass is 10.0. The number of rotatable bonds is 4. The van der Waals surface area contributed by atoms with Crippen molar-refractivity contribution in [2.45, 2.75) is 36.1 Å². The van der Waals surface area contributed by atoms with Crippen molar-refractivity contribution in [3.05, 3.63) is 42.5 Å². The molecule has 0 heterocycles. The maximum absolute atomic E-state index is 13.2. The molecule has 0 N–H and O–H groups in total. The third kappa shape index (κ3) is 2.83. The number of hydrogen-bond donors (Lipinski definition) is 0. The van der Waals surface area contributed by atoms with E-state index in [0.717, 1.165) is 12.1 Å². The van der Waals surface area contributed by atoms with Crippen LogP contribution in [0.1, 0.15) is 20.3 Å². The summed E-state index contributed by atoms with van der Waals surface area (Å²) < 4.78 is 61.4. The van der Waals surface area contributed by atoms with Crippen LogP contribution in [0.3, 0.4) is 0 Å². The van der Waals surface area contributed by atoms with Crippen molar-refractivity contribution in [2.75, 3.05) is 0 Å². The molecule has 106 valence electrons. The second-order valence-electron chi connectivity index (χ2n) is 4.68. The van der Waals surface area contributed by atoms with E-state index >= 15 is 0 Å². The zero-order chi connectivity index (χ0) is 14.9. The summed E-state index contributed by atoms with van der Waals surface area (Å²) in [6.45, 7) is 5.47. The first kappa shape index (κ1) is 15.8. The van der Waals surface area contributed by atoms with Gasteiger partial charge in [0.25, 0.3) is 0 Å². The Kier molecular flexibility index (Phi) is 4.14. The molecule has 0 spiro atoms. The zero-order valence-corrected chi connectivity index (χ0v) is 11.5. The normalized spacial score (nSPS) is 15.8. The van der Waals surface area contributed by atoms with Crippen LogP contribution in [0.4, 0.5) is 13.2 Å². The van der Waals surface area contributed by atoms with Crippen molar-refractivity contribution in [1.29, 1.82) is 0 Å². The molecule has 1 atom stereocenters. The van der Waals surface area contributed by atoms with E-state index in [4.69, 9.17) is 0 Å². The number of sulfone groups is 1. The summed E-state index contributed by atoms with van der Waals surface area (Å²) in [5.74, 6) is 0. The molecule has 0 saturated heterocycles. The van der Waals surface area contributed by atoms with E-state index in [1.54, 1.807) is 6.07 Å². The number of allylic oxidation sites excluding steroid dienone is 1. The highest BCUT2D eigenvalue weighted by molar-refractivity contribution is 7.93. The van der Waals surface area contributed by atoms with Gasteiger partial charge in [-0.15, -0.1) is 6.58 Å². The summed E-state index contributed by atoms with van der Waals surface area (Å²) in [4.78, 5) is -0.337. The second kappa shape index (κ2) is 5.00. The molecule has 0 aliphatic rings. The Hall–Kier alpha value is -1.30. The van der Waals surface area contributed by atoms with Gasteiger partial charge in [-0.1, -0.05) is 23.8 Å². The molecule has 2 nitrogen and oxygen atoms in total. The Labute approximate surface area is 110 Å². The fraction of sp³-hybridized carbons (Fsp3) is 0.385. The summed E-state index contributed by atoms with van der Waals surface area (Å²) in [5.41, 5.74) is 0.166. The Morgan fingerprint density at radius 1 is 1.21 bits per heavy atom. The third-order valence-corrected chi connectivity index (χ3v) is 5.34. The molecule has 6 heteroatoms. The second-order valence-corrected chi connectivity index (χ2v) is 7.06. The van der Waals surface area contributed by atoms with E-state index in [1.807, 2.05) is 0 Å². The van der Waals surface area contributed by atoms with Crippen molar-refractivity contribution in [3.8, 4) is 0 Å². The lowest BCUT2D eigenvalue weighted by molar-refractivity contribution is -0.157. The largest absolute Gasteiger partial charge is 0.408 e. The molecule has 0 aliphatic heterocycles. The first-order chi connectivity index (χ1) is 8.52. The Morgan fingerprint density at radius 2 is 1.68 bits per heavy atom. The van der Waals surface area contributed by atoms with Crippen LogP contribution in [0.2, 0.25) is 0 Å². The zero-order valence-electron chi connectivity index (χ0n) is 10.7. The van der Waals surface area contributed by atoms with Crippen LogP contribution in [0.15, 0.2) is 47.4 Å². The van der Waals surface area contributed by atoms with Crippen LogP contribution in [0, 0.1) is 0 Å². The smallest absolute Gasteiger partial charge is 0.223 e. The number of hydrogen-bond acceptors (Lipinski definition) is 2. The van der Waals surface area contributed by atoms with E-state index in [0.29, 0.717) is 6.92 Å². The van der Waals surface area contributed by atoms with Gasteiger partial charge in [0.05, 0.1) is 4.90 Å². The van der Waals surface area contributed by atoms with Gasteiger partial charge in [0.1, 0.15) is 0 Å². The van der Waals surface area contributed by atoms with Crippen LogP contribution in [0.25, 0.3) is 0 Å². The molecule has 1 unspecified atom stereocenters. The molecular formula is C13H15F3O2S. The highest BCUT2D eigenvalue weighted by atomic mass is 32.2. The van der Waals surface area contributed by atoms with Gasteiger partial charge in [0.2, 0.25) is 0 Å². The quantitative estimate of drug-likeness (QED) is 0.792. The van der Waals surface area contributed by atoms with Gasteiger partial charge in [-0.05, 0) is 32.4 Å². The average molecular weight is 292 g/mol. The third-order valence-electron chi connectivity index (χ3n) is 2.89. The van der Waals surface area contributed by atoms with Gasteiger partial charge in [-0.3, -0.25) is 0 Å². The Balaban J connectivity index is 3.46. The fourth-order valence-corrected chi connectivity index (χ4v) is 3.56. The van der Waals surface area contributed by atoms with E-state index in [1.165, 1.54) is 19.1 Å². The lowest BCUT2D eigenvalue weighted by Gasteiger charge is -2.31. The van der Waals surface area contributed by atoms with Crippen molar-refractivity contribution >= 4 is 9.84 Å². The summed E-state index contributed by atoms with van der Waals surface area (Å²) in [6.07, 6.45) is -5.53. The minimum Gasteiger partial charge on any atom is -0.223 e. The molecular weight excluding hydrogens is 277 g/mol. The maximum Gasteiger partial charge on any atom is 0.408 e. The summed E-state index contributed by atoms with van der Waals surface area (Å²) in [6, 6.07) is 6.66. The van der Waals surface area contributed by atoms with Gasteiger partial charge >= 0.3 is 6.18 Å². The lowest BCUT2D eigenvalue weighted by Crippen LogP contribution is -2.49. The monoisotopic (exact) mass is 292 g/mol. The topological polar surface area (TPSA) is 34.1 Å². The summed E-state index contributed by atoms with van der Waals surface area (Å²) in [5, 5.41) is 0. The SMILES string of the molecule is C=C(C)CC(C)(C(F)(F)F)S(=O)(=O)c1ccccc1. The minimum absolute atomic E-state index is 0.166. The van der Waals surface area contributed by atoms with Gasteiger partial charge in [-0.25, -0.2) is 8.42 Å². The van der Waals surface area contributed by atoms with Gasteiger partial charge in [0, 0.05) is 0 Å². The molecule has 0 fully saturated rings. The number of benzene rings is 1. The number of alkyl halides is 3. The van der Waals surface area contributed by atoms with Crippen molar-refractivity contribution < 1.29 is 21.6 Å². The van der Waals surface area contributed by atoms with Gasteiger partial charge in [-0.2, -0.15) is 13.2 Å². The minimum atomic E-state index is -4.87. The maximum atomic E-state index is 13.2. The first-order valence-electron chi connectivity index (χ1n) is 5.53. The molecule has 19 heavy (non-hydrogen) atoms. The summed E-state index contributed by atoms with van der Waals surface area (Å²) in [7, 11) is -4.54. The molecule has 0 amide bonds. The molecule has 0 aliphatic carbocycles. The predicted molar refractivity (Wildman–Crippen MR) is 67.5 cm³/mol. The Morgan fingerprint density at radius 3 is 2.05 bits per heavy atom. The predicted octanol–water partition coefficient (Wildman–Crippen LogP) is 3.75. The average Bonchev–Trinajstić information content (AvgIpc) is 2.27. The molecule has 1 aromatic carbocycles. The van der Waals surface area contributed by atoms with Crippen LogP contribution < -0.4 is 0 Å². The van der Waals surface area contributed by atoms with Crippen LogP contribution in [0.5, 0.6) is 0 Å². The van der Waals surface area contributed by atoms with Gasteiger partial charge in [0.15, 0.2) is 14.6 Å². The molecule has 0 bridgehead atoms. The van der Waals surface area contributed by atoms with Crippen molar-refractivity contribution in [2.24, 2.45) is 0 Å².